The van der Waals surface area contributed by atoms with Crippen LogP contribution in [-0.4, -0.2) is 14.5 Å². The van der Waals surface area contributed by atoms with Gasteiger partial charge in [-0.2, -0.15) is 0 Å². The molecule has 0 N–H and O–H groups in total. The Labute approximate surface area is 300 Å². The molecule has 0 aliphatic heterocycles. The summed E-state index contributed by atoms with van der Waals surface area (Å²) in [6.45, 7) is 0. The molecule has 4 heteroatoms. The number of nitrogens with zero attached hydrogens (tertiary/aromatic N) is 3. The highest BCUT2D eigenvalue weighted by atomic mass is 16.3. The second-order valence-corrected chi connectivity index (χ2v) is 13.1. The topological polar surface area (TPSA) is 43.9 Å². The predicted octanol–water partition coefficient (Wildman–Crippen LogP) is 12.7. The minimum Gasteiger partial charge on any atom is -0.462 e. The Balaban J connectivity index is 1.08. The first-order valence-corrected chi connectivity index (χ1v) is 17.5. The number of hydrogen-bond acceptors (Lipinski definition) is 3. The normalized spacial score (nSPS) is 11.5. The first kappa shape index (κ1) is 29.8. The molecule has 52 heavy (non-hydrogen) atoms. The highest BCUT2D eigenvalue weighted by Crippen LogP contribution is 2.39. The molecule has 0 unspecified atom stereocenters. The molecule has 0 radical (unpaired) electrons. The number of hydrogen-bond donors (Lipinski definition) is 0. The fraction of sp³-hybridized carbons (Fsp3) is 0. The van der Waals surface area contributed by atoms with E-state index < -0.39 is 0 Å². The van der Waals surface area contributed by atoms with Gasteiger partial charge in [-0.25, -0.2) is 9.97 Å². The Morgan fingerprint density at radius 2 is 0.962 bits per heavy atom. The quantitative estimate of drug-likeness (QED) is 0.178. The molecule has 0 spiro atoms. The van der Waals surface area contributed by atoms with Gasteiger partial charge in [-0.15, -0.1) is 0 Å². The number of para-hydroxylation sites is 1. The van der Waals surface area contributed by atoms with Gasteiger partial charge >= 0.3 is 0 Å². The largest absolute Gasteiger partial charge is 0.462 e. The third-order valence-electron chi connectivity index (χ3n) is 9.88. The van der Waals surface area contributed by atoms with Gasteiger partial charge in [-0.05, 0) is 64.7 Å². The molecule has 7 aromatic carbocycles. The first-order chi connectivity index (χ1) is 25.8. The van der Waals surface area contributed by atoms with Crippen LogP contribution in [-0.2, 0) is 0 Å². The lowest BCUT2D eigenvalue weighted by Crippen LogP contribution is -1.96. The van der Waals surface area contributed by atoms with Crippen LogP contribution in [0.1, 0.15) is 0 Å². The number of benzene rings is 7. The fourth-order valence-electron chi connectivity index (χ4n) is 7.35. The zero-order valence-electron chi connectivity index (χ0n) is 28.1. The van der Waals surface area contributed by atoms with Gasteiger partial charge in [0.2, 0.25) is 0 Å². The van der Waals surface area contributed by atoms with Gasteiger partial charge in [0.1, 0.15) is 0 Å². The molecule has 0 saturated carbocycles. The maximum Gasteiger partial charge on any atom is 0.160 e. The van der Waals surface area contributed by atoms with Crippen molar-refractivity contribution in [1.29, 1.82) is 0 Å². The molecule has 10 rings (SSSR count). The summed E-state index contributed by atoms with van der Waals surface area (Å²) in [5.74, 6) is 0.709. The molecule has 0 bridgehead atoms. The van der Waals surface area contributed by atoms with Crippen molar-refractivity contribution in [2.45, 2.75) is 0 Å². The minimum atomic E-state index is 0.709. The van der Waals surface area contributed by atoms with E-state index >= 15 is 0 Å². The highest BCUT2D eigenvalue weighted by molar-refractivity contribution is 6.17. The summed E-state index contributed by atoms with van der Waals surface area (Å²) in [7, 11) is 0. The summed E-state index contributed by atoms with van der Waals surface area (Å²) in [5.41, 5.74) is 13.7. The summed E-state index contributed by atoms with van der Waals surface area (Å²) in [6, 6.07) is 63.8. The zero-order valence-corrected chi connectivity index (χ0v) is 28.1. The third kappa shape index (κ3) is 5.17. The van der Waals surface area contributed by atoms with Crippen LogP contribution < -0.4 is 0 Å². The molecule has 0 fully saturated rings. The van der Waals surface area contributed by atoms with Crippen LogP contribution in [0.4, 0.5) is 0 Å². The van der Waals surface area contributed by atoms with E-state index in [-0.39, 0.29) is 0 Å². The van der Waals surface area contributed by atoms with E-state index in [0.29, 0.717) is 5.82 Å². The monoisotopic (exact) mass is 665 g/mol. The van der Waals surface area contributed by atoms with E-state index in [1.807, 2.05) is 42.5 Å². The Morgan fingerprint density at radius 1 is 0.404 bits per heavy atom. The van der Waals surface area contributed by atoms with Crippen molar-refractivity contribution < 1.29 is 4.42 Å². The highest BCUT2D eigenvalue weighted by Gasteiger charge is 2.18. The first-order valence-electron chi connectivity index (χ1n) is 17.5. The molecule has 0 amide bonds. The van der Waals surface area contributed by atoms with E-state index in [0.717, 1.165) is 78.0 Å². The van der Waals surface area contributed by atoms with Gasteiger partial charge in [-0.3, -0.25) is 0 Å². The molecule has 244 valence electrons. The average molecular weight is 666 g/mol. The second kappa shape index (κ2) is 12.4. The van der Waals surface area contributed by atoms with Crippen molar-refractivity contribution >= 4 is 32.8 Å². The fourth-order valence-corrected chi connectivity index (χ4v) is 7.35. The molecule has 3 heterocycles. The summed E-state index contributed by atoms with van der Waals surface area (Å²) in [6.07, 6.45) is 1.78. The van der Waals surface area contributed by atoms with E-state index in [2.05, 4.69) is 144 Å². The van der Waals surface area contributed by atoms with E-state index in [1.54, 1.807) is 6.26 Å². The third-order valence-corrected chi connectivity index (χ3v) is 9.88. The number of fused-ring (bicyclic) bond motifs is 5. The Morgan fingerprint density at radius 3 is 1.67 bits per heavy atom. The van der Waals surface area contributed by atoms with E-state index in [4.69, 9.17) is 14.4 Å². The maximum atomic E-state index is 6.07. The molecular weight excluding hydrogens is 635 g/mol. The SMILES string of the molecule is c1ccc(-c2cc(-c3cccc(-c4cccc(-c5ccc6c7ccc8ccoc8c7n(-c7ccccc7)c6c5)c4)c3)nc(-c3ccccc3)n2)cc1. The molecule has 3 aromatic heterocycles. The van der Waals surface area contributed by atoms with Crippen LogP contribution in [0.15, 0.2) is 193 Å². The van der Waals surface area contributed by atoms with Crippen LogP contribution in [0.3, 0.4) is 0 Å². The van der Waals surface area contributed by atoms with Gasteiger partial charge in [0, 0.05) is 38.5 Å². The van der Waals surface area contributed by atoms with Gasteiger partial charge < -0.3 is 8.98 Å². The average Bonchev–Trinajstić information content (AvgIpc) is 3.84. The van der Waals surface area contributed by atoms with Gasteiger partial charge in [0.05, 0.1) is 28.7 Å². The van der Waals surface area contributed by atoms with Gasteiger partial charge in [0.25, 0.3) is 0 Å². The lowest BCUT2D eigenvalue weighted by atomic mass is 9.96. The number of rotatable bonds is 6. The Hall–Kier alpha value is -7.04. The maximum absolute atomic E-state index is 6.07. The minimum absolute atomic E-state index is 0.709. The van der Waals surface area contributed by atoms with Crippen molar-refractivity contribution in [2.75, 3.05) is 0 Å². The predicted molar refractivity (Wildman–Crippen MR) is 213 cm³/mol. The Kier molecular flexibility index (Phi) is 7.10. The van der Waals surface area contributed by atoms with E-state index in [1.165, 1.54) is 10.8 Å². The van der Waals surface area contributed by atoms with Crippen molar-refractivity contribution in [3.8, 4) is 61.8 Å². The van der Waals surface area contributed by atoms with Crippen LogP contribution in [0.25, 0.3) is 94.6 Å². The molecule has 0 aliphatic rings. The number of furan rings is 1. The second-order valence-electron chi connectivity index (χ2n) is 13.1. The smallest absolute Gasteiger partial charge is 0.160 e. The Bertz CT molecular complexity index is 2830. The number of aromatic nitrogens is 3. The van der Waals surface area contributed by atoms with E-state index in [9.17, 15) is 0 Å². The molecule has 0 saturated heterocycles. The molecular formula is C48H31N3O. The van der Waals surface area contributed by atoms with Crippen LogP contribution >= 0.6 is 0 Å². The lowest BCUT2D eigenvalue weighted by Gasteiger charge is -2.12. The lowest BCUT2D eigenvalue weighted by molar-refractivity contribution is 0.618. The van der Waals surface area contributed by atoms with Crippen LogP contribution in [0.2, 0.25) is 0 Å². The molecule has 4 nitrogen and oxygen atoms in total. The van der Waals surface area contributed by atoms with Gasteiger partial charge in [-0.1, -0.05) is 140 Å². The van der Waals surface area contributed by atoms with Crippen molar-refractivity contribution in [1.82, 2.24) is 14.5 Å². The summed E-state index contributed by atoms with van der Waals surface area (Å²) in [5, 5.41) is 3.46. The van der Waals surface area contributed by atoms with Crippen LogP contribution in [0.5, 0.6) is 0 Å². The zero-order chi connectivity index (χ0) is 34.4. The van der Waals surface area contributed by atoms with Gasteiger partial charge in [0.15, 0.2) is 11.4 Å². The van der Waals surface area contributed by atoms with Crippen molar-refractivity contribution in [2.24, 2.45) is 0 Å². The summed E-state index contributed by atoms with van der Waals surface area (Å²) in [4.78, 5) is 10.1. The van der Waals surface area contributed by atoms with Crippen LogP contribution in [0, 0.1) is 0 Å². The standard InChI is InChI=1S/C48H31N3O/c1-4-12-32(13-5-1)43-31-44(50-48(49-43)34-14-6-2-7-15-34)39-19-11-18-37(29-39)35-16-10-17-36(28-35)38-23-24-41-42-25-22-33-26-27-52-47(33)46(42)51(45(41)30-38)40-20-8-3-9-21-40/h1-31H. The van der Waals surface area contributed by atoms with Crippen molar-refractivity contribution in [3.05, 3.63) is 188 Å². The molecule has 0 aliphatic carbocycles. The molecule has 10 aromatic rings. The molecule has 0 atom stereocenters. The summed E-state index contributed by atoms with van der Waals surface area (Å²) < 4.78 is 8.41. The van der Waals surface area contributed by atoms with Crippen molar-refractivity contribution in [3.63, 3.8) is 0 Å². The summed E-state index contributed by atoms with van der Waals surface area (Å²) >= 11 is 0.